The van der Waals surface area contributed by atoms with E-state index in [1.165, 1.54) is 0 Å². The number of hydrogen-bond acceptors (Lipinski definition) is 2. The van der Waals surface area contributed by atoms with E-state index in [0.29, 0.717) is 12.8 Å². The fourth-order valence-corrected chi connectivity index (χ4v) is 1.95. The van der Waals surface area contributed by atoms with E-state index in [-0.39, 0.29) is 5.78 Å². The zero-order valence-corrected chi connectivity index (χ0v) is 8.27. The molecule has 0 fully saturated rings. The molecule has 1 nitrogen and oxygen atoms in total. The van der Waals surface area contributed by atoms with Crippen molar-refractivity contribution in [2.45, 2.75) is 12.8 Å². The van der Waals surface area contributed by atoms with E-state index < -0.39 is 0 Å². The Kier molecular flexibility index (Phi) is 3.65. The molecule has 1 rings (SSSR count). The van der Waals surface area contributed by atoms with Crippen LogP contribution in [0.2, 0.25) is 0 Å². The van der Waals surface area contributed by atoms with Crippen LogP contribution in [0.3, 0.4) is 0 Å². The fraction of sp³-hybridized carbons (Fsp3) is 0.182. The third kappa shape index (κ3) is 2.67. The summed E-state index contributed by atoms with van der Waals surface area (Å²) in [4.78, 5) is 11.3. The summed E-state index contributed by atoms with van der Waals surface area (Å²) in [6, 6.07) is 0. The molecular formula is C11H12OS. The molecule has 2 heteroatoms. The minimum atomic E-state index is 0.205. The van der Waals surface area contributed by atoms with Crippen molar-refractivity contribution in [3.8, 4) is 0 Å². The second-order valence-corrected chi connectivity index (χ2v) is 3.51. The van der Waals surface area contributed by atoms with Gasteiger partial charge in [-0.1, -0.05) is 18.7 Å². The van der Waals surface area contributed by atoms with Crippen molar-refractivity contribution in [2.24, 2.45) is 0 Å². The van der Waals surface area contributed by atoms with E-state index in [4.69, 9.17) is 0 Å². The topological polar surface area (TPSA) is 17.1 Å². The highest BCUT2D eigenvalue weighted by Crippen LogP contribution is 2.17. The Labute approximate surface area is 82.4 Å². The van der Waals surface area contributed by atoms with E-state index in [9.17, 15) is 4.79 Å². The van der Waals surface area contributed by atoms with Crippen molar-refractivity contribution < 1.29 is 4.79 Å². The molecule has 0 N–H and O–H groups in total. The maximum absolute atomic E-state index is 11.3. The smallest absolute Gasteiger partial charge is 0.141 e. The molecule has 0 aliphatic heterocycles. The molecule has 68 valence electrons. The molecule has 0 aromatic carbocycles. The van der Waals surface area contributed by atoms with Crippen molar-refractivity contribution in [3.63, 3.8) is 0 Å². The number of rotatable bonds is 5. The van der Waals surface area contributed by atoms with Gasteiger partial charge < -0.3 is 0 Å². The van der Waals surface area contributed by atoms with Crippen molar-refractivity contribution in [1.82, 2.24) is 0 Å². The van der Waals surface area contributed by atoms with Crippen LogP contribution in [0.5, 0.6) is 0 Å². The minimum Gasteiger partial charge on any atom is -0.299 e. The third-order valence-electron chi connectivity index (χ3n) is 1.76. The van der Waals surface area contributed by atoms with Crippen LogP contribution in [0.1, 0.15) is 17.5 Å². The van der Waals surface area contributed by atoms with E-state index in [1.54, 1.807) is 23.5 Å². The quantitative estimate of drug-likeness (QED) is 0.655. The Morgan fingerprint density at radius 3 is 2.85 bits per heavy atom. The first kappa shape index (κ1) is 9.93. The van der Waals surface area contributed by atoms with Gasteiger partial charge in [-0.05, 0) is 21.9 Å². The lowest BCUT2D eigenvalue weighted by atomic mass is 10.1. The Bertz CT molecular complexity index is 323. The molecule has 1 heterocycles. The van der Waals surface area contributed by atoms with Gasteiger partial charge in [-0.25, -0.2) is 0 Å². The highest BCUT2D eigenvalue weighted by molar-refractivity contribution is 7.08. The van der Waals surface area contributed by atoms with E-state index >= 15 is 0 Å². The summed E-state index contributed by atoms with van der Waals surface area (Å²) in [5.74, 6) is 0.205. The number of allylic oxidation sites excluding steroid dienone is 1. The number of carbonyl (C=O) groups excluding carboxylic acids is 1. The minimum absolute atomic E-state index is 0.205. The van der Waals surface area contributed by atoms with Crippen molar-refractivity contribution in [2.75, 3.05) is 0 Å². The van der Waals surface area contributed by atoms with E-state index in [1.807, 2.05) is 10.8 Å². The van der Waals surface area contributed by atoms with Gasteiger partial charge in [-0.2, -0.15) is 11.3 Å². The average molecular weight is 192 g/mol. The molecule has 0 aliphatic rings. The van der Waals surface area contributed by atoms with Crippen LogP contribution < -0.4 is 0 Å². The number of thiophene rings is 1. The van der Waals surface area contributed by atoms with Crippen LogP contribution in [-0.2, 0) is 11.2 Å². The first-order valence-corrected chi connectivity index (χ1v) is 5.02. The summed E-state index contributed by atoms with van der Waals surface area (Å²) in [5.41, 5.74) is 2.15. The van der Waals surface area contributed by atoms with Gasteiger partial charge in [-0.3, -0.25) is 4.79 Å². The molecule has 1 aromatic heterocycles. The predicted molar refractivity (Wildman–Crippen MR) is 57.9 cm³/mol. The van der Waals surface area contributed by atoms with Gasteiger partial charge in [0.15, 0.2) is 0 Å². The second kappa shape index (κ2) is 4.77. The lowest BCUT2D eigenvalue weighted by Crippen LogP contribution is -2.00. The predicted octanol–water partition coefficient (Wildman–Crippen LogP) is 3.08. The summed E-state index contributed by atoms with van der Waals surface area (Å²) < 4.78 is 0. The third-order valence-corrected chi connectivity index (χ3v) is 2.57. The summed E-state index contributed by atoms with van der Waals surface area (Å²) in [5, 5.41) is 4.00. The number of ketones is 1. The molecule has 0 unspecified atom stereocenters. The highest BCUT2D eigenvalue weighted by atomic mass is 32.1. The van der Waals surface area contributed by atoms with Crippen LogP contribution >= 0.6 is 11.3 Å². The highest BCUT2D eigenvalue weighted by Gasteiger charge is 2.05. The molecule has 0 saturated carbocycles. The summed E-state index contributed by atoms with van der Waals surface area (Å²) in [7, 11) is 0. The van der Waals surface area contributed by atoms with E-state index in [2.05, 4.69) is 13.2 Å². The SMILES string of the molecule is C=CCC(=O)Cc1cscc1C=C. The number of hydrogen-bond donors (Lipinski definition) is 0. The molecule has 0 saturated heterocycles. The molecule has 0 bridgehead atoms. The monoisotopic (exact) mass is 192 g/mol. The van der Waals surface area contributed by atoms with Gasteiger partial charge in [0, 0.05) is 12.8 Å². The maximum Gasteiger partial charge on any atom is 0.141 e. The van der Waals surface area contributed by atoms with Gasteiger partial charge >= 0.3 is 0 Å². The Morgan fingerprint density at radius 1 is 1.46 bits per heavy atom. The van der Waals surface area contributed by atoms with Crippen LogP contribution in [0.25, 0.3) is 6.08 Å². The van der Waals surface area contributed by atoms with Crippen LogP contribution in [-0.4, -0.2) is 5.78 Å². The van der Waals surface area contributed by atoms with Crippen molar-refractivity contribution >= 4 is 23.2 Å². The first-order chi connectivity index (χ1) is 6.27. The molecule has 0 atom stereocenters. The zero-order chi connectivity index (χ0) is 9.68. The summed E-state index contributed by atoms with van der Waals surface area (Å²) in [6.45, 7) is 7.23. The lowest BCUT2D eigenvalue weighted by molar-refractivity contribution is -0.117. The zero-order valence-electron chi connectivity index (χ0n) is 7.45. The van der Waals surface area contributed by atoms with Gasteiger partial charge in [-0.15, -0.1) is 6.58 Å². The summed E-state index contributed by atoms with van der Waals surface area (Å²) >= 11 is 1.60. The molecule has 0 radical (unpaired) electrons. The maximum atomic E-state index is 11.3. The lowest BCUT2D eigenvalue weighted by Gasteiger charge is -1.96. The molecular weight excluding hydrogens is 180 g/mol. The van der Waals surface area contributed by atoms with E-state index in [0.717, 1.165) is 11.1 Å². The van der Waals surface area contributed by atoms with Crippen molar-refractivity contribution in [1.29, 1.82) is 0 Å². The van der Waals surface area contributed by atoms with Gasteiger partial charge in [0.25, 0.3) is 0 Å². The molecule has 0 amide bonds. The fourth-order valence-electron chi connectivity index (χ4n) is 1.10. The second-order valence-electron chi connectivity index (χ2n) is 2.76. The van der Waals surface area contributed by atoms with Crippen molar-refractivity contribution in [3.05, 3.63) is 41.1 Å². The van der Waals surface area contributed by atoms with Gasteiger partial charge in [0.2, 0.25) is 0 Å². The first-order valence-electron chi connectivity index (χ1n) is 4.08. The molecule has 13 heavy (non-hydrogen) atoms. The Hall–Kier alpha value is -1.15. The largest absolute Gasteiger partial charge is 0.299 e. The van der Waals surface area contributed by atoms with Gasteiger partial charge in [0.1, 0.15) is 5.78 Å². The molecule has 0 aliphatic carbocycles. The average Bonchev–Trinajstić information content (AvgIpc) is 2.52. The van der Waals surface area contributed by atoms with Gasteiger partial charge in [0.05, 0.1) is 0 Å². The number of carbonyl (C=O) groups is 1. The molecule has 0 spiro atoms. The van der Waals surface area contributed by atoms with Crippen LogP contribution in [0.15, 0.2) is 30.0 Å². The number of Topliss-reactive ketones (excluding diaryl/α,β-unsaturated/α-hetero) is 1. The Morgan fingerprint density at radius 2 is 2.23 bits per heavy atom. The summed E-state index contributed by atoms with van der Waals surface area (Å²) in [6.07, 6.45) is 4.37. The Balaban J connectivity index is 2.67. The normalized spacial score (nSPS) is 9.54. The molecule has 1 aromatic rings. The standard InChI is InChI=1S/C11H12OS/c1-3-5-11(12)6-10-8-13-7-9(10)4-2/h3-4,7-8H,1-2,5-6H2. The van der Waals surface area contributed by atoms with Crippen LogP contribution in [0, 0.1) is 0 Å². The van der Waals surface area contributed by atoms with Crippen LogP contribution in [0.4, 0.5) is 0 Å².